The van der Waals surface area contributed by atoms with Gasteiger partial charge in [-0.1, -0.05) is 6.08 Å². The predicted molar refractivity (Wildman–Crippen MR) is 35.4 cm³/mol. The van der Waals surface area contributed by atoms with Crippen LogP contribution in [0.25, 0.3) is 0 Å². The molecule has 1 aliphatic rings. The van der Waals surface area contributed by atoms with E-state index in [1.54, 1.807) is 0 Å². The molecule has 0 unspecified atom stereocenters. The van der Waals surface area contributed by atoms with Crippen molar-refractivity contribution in [1.82, 2.24) is 0 Å². The van der Waals surface area contributed by atoms with Gasteiger partial charge in [-0.25, -0.2) is 4.99 Å². The minimum Gasteiger partial charge on any atom is -0.231 e. The molecule has 0 amide bonds. The molecule has 0 spiro atoms. The van der Waals surface area contributed by atoms with Gasteiger partial charge in [0, 0.05) is 6.42 Å². The number of rotatable bonds is 0. The Kier molecular flexibility index (Phi) is 2.23. The second-order valence-corrected chi connectivity index (χ2v) is 2.52. The molecule has 11 heavy (non-hydrogen) atoms. The van der Waals surface area contributed by atoms with Crippen LogP contribution in [0.15, 0.2) is 11.6 Å². The summed E-state index contributed by atoms with van der Waals surface area (Å²) in [5.41, 5.74) is -0.759. The van der Waals surface area contributed by atoms with Gasteiger partial charge < -0.3 is 0 Å². The first kappa shape index (κ1) is 8.59. The van der Waals surface area contributed by atoms with Crippen molar-refractivity contribution in [3.8, 4) is 0 Å². The van der Waals surface area contributed by atoms with Gasteiger partial charge in [0.2, 0.25) is 0 Å². The van der Waals surface area contributed by atoms with Gasteiger partial charge in [0.1, 0.15) is 12.1 Å². The molecule has 62 valence electrons. The van der Waals surface area contributed by atoms with Gasteiger partial charge in [-0.15, -0.1) is 0 Å². The largest absolute Gasteiger partial charge is 0.423 e. The van der Waals surface area contributed by atoms with E-state index in [0.717, 1.165) is 6.08 Å². The molecule has 0 radical (unpaired) electrons. The second-order valence-electron chi connectivity index (χ2n) is 2.14. The van der Waals surface area contributed by atoms with Crippen molar-refractivity contribution >= 4 is 16.8 Å². The van der Waals surface area contributed by atoms with Crippen LogP contribution in [0.5, 0.6) is 0 Å². The molecule has 0 saturated heterocycles. The van der Waals surface area contributed by atoms with Crippen LogP contribution in [0.3, 0.4) is 0 Å². The number of hydrogen-bond acceptors (Lipinski definition) is 0. The van der Waals surface area contributed by atoms with E-state index >= 15 is 0 Å². The molecule has 0 fully saturated rings. The van der Waals surface area contributed by atoms with Crippen molar-refractivity contribution in [3.05, 3.63) is 11.6 Å². The Morgan fingerprint density at radius 2 is 2.09 bits per heavy atom. The summed E-state index contributed by atoms with van der Waals surface area (Å²) < 4.78 is 35.9. The highest BCUT2D eigenvalue weighted by atomic mass is 35.5. The van der Waals surface area contributed by atoms with E-state index in [0.29, 0.717) is 13.0 Å². The molecule has 5 heteroatoms. The van der Waals surface area contributed by atoms with Crippen molar-refractivity contribution in [1.29, 1.82) is 0 Å². The summed E-state index contributed by atoms with van der Waals surface area (Å²) >= 11 is 5.28. The molecular formula is C6H6ClF3N+. The topological polar surface area (TPSA) is 14.0 Å². The monoisotopic (exact) mass is 184 g/mol. The SMILES string of the molecule is FC(F)(F)C1=CCC[NH+]=C1Cl. The fraction of sp³-hybridized carbons (Fsp3) is 0.500. The third-order valence-electron chi connectivity index (χ3n) is 1.31. The van der Waals surface area contributed by atoms with Gasteiger partial charge in [-0.2, -0.15) is 13.2 Å². The third kappa shape index (κ3) is 1.96. The van der Waals surface area contributed by atoms with Crippen LogP contribution < -0.4 is 4.99 Å². The van der Waals surface area contributed by atoms with Gasteiger partial charge in [-0.3, -0.25) is 0 Å². The summed E-state index contributed by atoms with van der Waals surface area (Å²) in [5, 5.41) is -0.302. The van der Waals surface area contributed by atoms with Gasteiger partial charge in [0.25, 0.3) is 5.17 Å². The average molecular weight is 185 g/mol. The molecule has 0 atom stereocenters. The van der Waals surface area contributed by atoms with Crippen molar-refractivity contribution in [3.63, 3.8) is 0 Å². The molecule has 1 heterocycles. The zero-order valence-corrected chi connectivity index (χ0v) is 6.26. The van der Waals surface area contributed by atoms with Crippen LogP contribution in [-0.4, -0.2) is 17.9 Å². The number of allylic oxidation sites excluding steroid dienone is 1. The van der Waals surface area contributed by atoms with Crippen LogP contribution in [-0.2, 0) is 0 Å². The Labute approximate surface area is 66.6 Å². The van der Waals surface area contributed by atoms with Crippen LogP contribution >= 0.6 is 11.6 Å². The van der Waals surface area contributed by atoms with Crippen molar-refractivity contribution in [2.45, 2.75) is 12.6 Å². The first-order valence-electron chi connectivity index (χ1n) is 3.06. The molecule has 0 bridgehead atoms. The molecule has 1 aliphatic heterocycles. The van der Waals surface area contributed by atoms with E-state index < -0.39 is 11.7 Å². The predicted octanol–water partition coefficient (Wildman–Crippen LogP) is 0.597. The number of hydrogen-bond donors (Lipinski definition) is 1. The van der Waals surface area contributed by atoms with Gasteiger partial charge in [-0.05, 0) is 11.6 Å². The van der Waals surface area contributed by atoms with Crippen LogP contribution in [0.2, 0.25) is 0 Å². The van der Waals surface area contributed by atoms with E-state index in [2.05, 4.69) is 4.99 Å². The van der Waals surface area contributed by atoms with Crippen LogP contribution in [0, 0.1) is 0 Å². The second kappa shape index (κ2) is 2.85. The van der Waals surface area contributed by atoms with E-state index in [1.807, 2.05) is 0 Å². The molecule has 1 nitrogen and oxygen atoms in total. The Balaban J connectivity index is 2.87. The first-order valence-corrected chi connectivity index (χ1v) is 3.43. The summed E-state index contributed by atoms with van der Waals surface area (Å²) in [6.45, 7) is 0.471. The van der Waals surface area contributed by atoms with E-state index in [9.17, 15) is 13.2 Å². The third-order valence-corrected chi connectivity index (χ3v) is 1.65. The molecular weight excluding hydrogens is 179 g/mol. The lowest BCUT2D eigenvalue weighted by Gasteiger charge is -2.08. The molecule has 1 rings (SSSR count). The zero-order valence-electron chi connectivity index (χ0n) is 5.50. The normalized spacial score (nSPS) is 19.3. The highest BCUT2D eigenvalue weighted by molar-refractivity contribution is 6.68. The summed E-state index contributed by atoms with van der Waals surface area (Å²) in [6, 6.07) is 0. The summed E-state index contributed by atoms with van der Waals surface area (Å²) in [4.78, 5) is 2.43. The molecule has 0 aliphatic carbocycles. The van der Waals surface area contributed by atoms with E-state index in [-0.39, 0.29) is 5.17 Å². The number of nitrogens with one attached hydrogen (secondary N) is 1. The molecule has 0 aromatic rings. The minimum absolute atomic E-state index is 0.302. The summed E-state index contributed by atoms with van der Waals surface area (Å²) in [5.74, 6) is 0. The molecule has 1 N–H and O–H groups in total. The summed E-state index contributed by atoms with van der Waals surface area (Å²) in [6.07, 6.45) is -2.87. The molecule has 0 aromatic heterocycles. The van der Waals surface area contributed by atoms with Gasteiger partial charge >= 0.3 is 6.18 Å². The Bertz CT molecular complexity index is 216. The lowest BCUT2D eigenvalue weighted by molar-refractivity contribution is -0.455. The number of alkyl halides is 3. The lowest BCUT2D eigenvalue weighted by atomic mass is 10.2. The Morgan fingerprint density at radius 1 is 1.45 bits per heavy atom. The highest BCUT2D eigenvalue weighted by Crippen LogP contribution is 2.27. The fourth-order valence-electron chi connectivity index (χ4n) is 0.823. The molecule has 0 saturated carbocycles. The maximum Gasteiger partial charge on any atom is 0.423 e. The maximum absolute atomic E-state index is 12.0. The van der Waals surface area contributed by atoms with Gasteiger partial charge in [0.05, 0.1) is 0 Å². The average Bonchev–Trinajstić information content (AvgIpc) is 1.86. The van der Waals surface area contributed by atoms with E-state index in [4.69, 9.17) is 11.6 Å². The minimum atomic E-state index is -4.33. The first-order chi connectivity index (χ1) is 5.02. The Morgan fingerprint density at radius 3 is 2.45 bits per heavy atom. The zero-order chi connectivity index (χ0) is 8.48. The smallest absolute Gasteiger partial charge is 0.231 e. The highest BCUT2D eigenvalue weighted by Gasteiger charge is 2.40. The summed E-state index contributed by atoms with van der Waals surface area (Å²) in [7, 11) is 0. The standard InChI is InChI=1S/C6H5ClF3N/c7-5-4(6(8,9)10)2-1-3-11-5/h2H,1,3H2/p+1. The number of halogens is 4. The van der Waals surface area contributed by atoms with Crippen molar-refractivity contribution < 1.29 is 18.2 Å². The Hall–Kier alpha value is -0.510. The van der Waals surface area contributed by atoms with Crippen LogP contribution in [0.1, 0.15) is 6.42 Å². The lowest BCUT2D eigenvalue weighted by Crippen LogP contribution is -2.73. The van der Waals surface area contributed by atoms with Crippen molar-refractivity contribution in [2.24, 2.45) is 0 Å². The van der Waals surface area contributed by atoms with Crippen molar-refractivity contribution in [2.75, 3.05) is 6.54 Å². The maximum atomic E-state index is 12.0. The van der Waals surface area contributed by atoms with Gasteiger partial charge in [0.15, 0.2) is 0 Å². The van der Waals surface area contributed by atoms with Crippen LogP contribution in [0.4, 0.5) is 13.2 Å². The molecule has 0 aromatic carbocycles. The fourth-order valence-corrected chi connectivity index (χ4v) is 1.10. The quantitative estimate of drug-likeness (QED) is 0.567. The van der Waals surface area contributed by atoms with E-state index in [1.165, 1.54) is 0 Å².